The fraction of sp³-hybridized carbons (Fsp3) is 0.308. The topological polar surface area (TPSA) is 24.9 Å². The summed E-state index contributed by atoms with van der Waals surface area (Å²) in [5.41, 5.74) is 2.63. The monoisotopic (exact) mass is 232 g/mol. The second-order valence-corrected chi connectivity index (χ2v) is 4.80. The molecule has 2 aromatic rings. The van der Waals surface area contributed by atoms with E-state index in [4.69, 9.17) is 0 Å². The molecule has 1 N–H and O–H groups in total. The highest BCUT2D eigenvalue weighted by atomic mass is 32.1. The first-order valence-corrected chi connectivity index (χ1v) is 6.39. The van der Waals surface area contributed by atoms with Gasteiger partial charge in [-0.25, -0.2) is 4.98 Å². The molecule has 0 unspecified atom stereocenters. The number of anilines is 1. The number of nitrogens with zero attached hydrogens (tertiary/aromatic N) is 1. The Morgan fingerprint density at radius 1 is 1.31 bits per heavy atom. The zero-order valence-electron chi connectivity index (χ0n) is 9.66. The molecule has 0 aliphatic heterocycles. The molecule has 2 rings (SSSR count). The predicted molar refractivity (Wildman–Crippen MR) is 70.0 cm³/mol. The molecule has 0 aromatic carbocycles. The predicted octanol–water partition coefficient (Wildman–Crippen LogP) is 3.63. The zero-order chi connectivity index (χ0) is 11.4. The molecule has 0 saturated carbocycles. The maximum absolute atomic E-state index is 4.33. The lowest BCUT2D eigenvalue weighted by Gasteiger charge is -2.05. The normalized spacial score (nSPS) is 10.4. The molecular formula is C13H16N2S. The second kappa shape index (κ2) is 5.12. The summed E-state index contributed by atoms with van der Waals surface area (Å²) in [5.74, 6) is 0.945. The van der Waals surface area contributed by atoms with Gasteiger partial charge in [0.05, 0.1) is 6.54 Å². The standard InChI is InChI=1S/C13H16N2S/c1-3-11-6-7-16-12(11)9-15-13-5-4-10(2)8-14-13/h4-8H,3,9H2,1-2H3,(H,14,15). The summed E-state index contributed by atoms with van der Waals surface area (Å²) in [6.07, 6.45) is 2.99. The fourth-order valence-corrected chi connectivity index (χ4v) is 2.50. The molecule has 2 aromatic heterocycles. The van der Waals surface area contributed by atoms with Crippen molar-refractivity contribution >= 4 is 17.2 Å². The van der Waals surface area contributed by atoms with Gasteiger partial charge >= 0.3 is 0 Å². The molecule has 0 bridgehead atoms. The van der Waals surface area contributed by atoms with Gasteiger partial charge in [0.15, 0.2) is 0 Å². The van der Waals surface area contributed by atoms with Gasteiger partial charge in [-0.3, -0.25) is 0 Å². The quantitative estimate of drug-likeness (QED) is 0.870. The van der Waals surface area contributed by atoms with Crippen LogP contribution in [-0.2, 0) is 13.0 Å². The van der Waals surface area contributed by atoms with E-state index in [-0.39, 0.29) is 0 Å². The van der Waals surface area contributed by atoms with Crippen molar-refractivity contribution < 1.29 is 0 Å². The Bertz CT molecular complexity index is 445. The Morgan fingerprint density at radius 2 is 2.19 bits per heavy atom. The Morgan fingerprint density at radius 3 is 2.88 bits per heavy atom. The van der Waals surface area contributed by atoms with Gasteiger partial charge in [-0.05, 0) is 42.0 Å². The van der Waals surface area contributed by atoms with Crippen LogP contribution in [-0.4, -0.2) is 4.98 Å². The minimum absolute atomic E-state index is 0.872. The van der Waals surface area contributed by atoms with E-state index in [1.54, 1.807) is 11.3 Å². The van der Waals surface area contributed by atoms with E-state index in [0.717, 1.165) is 18.8 Å². The van der Waals surface area contributed by atoms with Gasteiger partial charge in [0.1, 0.15) is 5.82 Å². The van der Waals surface area contributed by atoms with Gasteiger partial charge in [0, 0.05) is 11.1 Å². The average Bonchev–Trinajstić information content (AvgIpc) is 2.76. The van der Waals surface area contributed by atoms with Crippen molar-refractivity contribution in [2.45, 2.75) is 26.8 Å². The van der Waals surface area contributed by atoms with E-state index in [1.807, 2.05) is 19.2 Å². The first-order valence-electron chi connectivity index (χ1n) is 5.51. The summed E-state index contributed by atoms with van der Waals surface area (Å²) >= 11 is 1.81. The molecule has 2 heterocycles. The van der Waals surface area contributed by atoms with Crippen LogP contribution in [0.15, 0.2) is 29.8 Å². The van der Waals surface area contributed by atoms with E-state index in [1.165, 1.54) is 16.0 Å². The zero-order valence-corrected chi connectivity index (χ0v) is 10.5. The number of nitrogens with one attached hydrogen (secondary N) is 1. The van der Waals surface area contributed by atoms with Gasteiger partial charge in [-0.15, -0.1) is 11.3 Å². The van der Waals surface area contributed by atoms with Crippen molar-refractivity contribution in [3.05, 3.63) is 45.8 Å². The molecule has 0 fully saturated rings. The molecule has 16 heavy (non-hydrogen) atoms. The van der Waals surface area contributed by atoms with Crippen molar-refractivity contribution in [1.82, 2.24) is 4.98 Å². The van der Waals surface area contributed by atoms with Crippen LogP contribution in [0.1, 0.15) is 22.9 Å². The number of thiophene rings is 1. The second-order valence-electron chi connectivity index (χ2n) is 3.80. The minimum Gasteiger partial charge on any atom is -0.365 e. The average molecular weight is 232 g/mol. The van der Waals surface area contributed by atoms with E-state index >= 15 is 0 Å². The summed E-state index contributed by atoms with van der Waals surface area (Å²) in [6.45, 7) is 5.11. The van der Waals surface area contributed by atoms with Crippen LogP contribution in [0.3, 0.4) is 0 Å². The third-order valence-corrected chi connectivity index (χ3v) is 3.52. The maximum Gasteiger partial charge on any atom is 0.126 e. The van der Waals surface area contributed by atoms with Crippen molar-refractivity contribution in [3.63, 3.8) is 0 Å². The van der Waals surface area contributed by atoms with E-state index in [0.29, 0.717) is 0 Å². The van der Waals surface area contributed by atoms with Crippen LogP contribution < -0.4 is 5.32 Å². The lowest BCUT2D eigenvalue weighted by Crippen LogP contribution is -2.01. The van der Waals surface area contributed by atoms with Gasteiger partial charge < -0.3 is 5.32 Å². The van der Waals surface area contributed by atoms with Crippen LogP contribution in [0.4, 0.5) is 5.82 Å². The number of pyridine rings is 1. The molecule has 0 aliphatic rings. The van der Waals surface area contributed by atoms with Crippen molar-refractivity contribution in [1.29, 1.82) is 0 Å². The lowest BCUT2D eigenvalue weighted by molar-refractivity contribution is 1.06. The minimum atomic E-state index is 0.872. The lowest BCUT2D eigenvalue weighted by atomic mass is 10.2. The highest BCUT2D eigenvalue weighted by Crippen LogP contribution is 2.18. The first kappa shape index (κ1) is 11.1. The molecule has 0 saturated heterocycles. The smallest absolute Gasteiger partial charge is 0.126 e. The van der Waals surface area contributed by atoms with Gasteiger partial charge in [-0.1, -0.05) is 13.0 Å². The number of hydrogen-bond acceptors (Lipinski definition) is 3. The SMILES string of the molecule is CCc1ccsc1CNc1ccc(C)cn1. The molecule has 0 spiro atoms. The molecule has 0 aliphatic carbocycles. The molecule has 3 heteroatoms. The molecule has 0 radical (unpaired) electrons. The number of aromatic nitrogens is 1. The highest BCUT2D eigenvalue weighted by molar-refractivity contribution is 7.10. The molecule has 0 amide bonds. The van der Waals surface area contributed by atoms with Crippen LogP contribution in [0.2, 0.25) is 0 Å². The Hall–Kier alpha value is -1.35. The molecule has 2 nitrogen and oxygen atoms in total. The Kier molecular flexibility index (Phi) is 3.57. The van der Waals surface area contributed by atoms with Gasteiger partial charge in [-0.2, -0.15) is 0 Å². The number of aryl methyl sites for hydroxylation is 2. The fourth-order valence-electron chi connectivity index (χ4n) is 1.58. The maximum atomic E-state index is 4.33. The van der Waals surface area contributed by atoms with Crippen LogP contribution in [0.25, 0.3) is 0 Å². The summed E-state index contributed by atoms with van der Waals surface area (Å²) in [5, 5.41) is 5.50. The largest absolute Gasteiger partial charge is 0.365 e. The third-order valence-electron chi connectivity index (χ3n) is 2.56. The molecular weight excluding hydrogens is 216 g/mol. The molecule has 0 atom stereocenters. The third kappa shape index (κ3) is 2.61. The van der Waals surface area contributed by atoms with Crippen molar-refractivity contribution in [3.8, 4) is 0 Å². The molecule has 84 valence electrons. The summed E-state index contributed by atoms with van der Waals surface area (Å²) in [7, 11) is 0. The summed E-state index contributed by atoms with van der Waals surface area (Å²) < 4.78 is 0. The van der Waals surface area contributed by atoms with Crippen LogP contribution in [0, 0.1) is 6.92 Å². The Balaban J connectivity index is 1.99. The van der Waals surface area contributed by atoms with Crippen LogP contribution >= 0.6 is 11.3 Å². The summed E-state index contributed by atoms with van der Waals surface area (Å²) in [6, 6.07) is 6.29. The van der Waals surface area contributed by atoms with Gasteiger partial charge in [0.2, 0.25) is 0 Å². The van der Waals surface area contributed by atoms with E-state index in [2.05, 4.69) is 34.7 Å². The highest BCUT2D eigenvalue weighted by Gasteiger charge is 2.02. The van der Waals surface area contributed by atoms with E-state index in [9.17, 15) is 0 Å². The Labute approximate surface area is 100 Å². The number of rotatable bonds is 4. The number of hydrogen-bond donors (Lipinski definition) is 1. The van der Waals surface area contributed by atoms with Crippen LogP contribution in [0.5, 0.6) is 0 Å². The van der Waals surface area contributed by atoms with Crippen molar-refractivity contribution in [2.75, 3.05) is 5.32 Å². The summed E-state index contributed by atoms with van der Waals surface area (Å²) in [4.78, 5) is 5.73. The first-order chi connectivity index (χ1) is 7.79. The van der Waals surface area contributed by atoms with E-state index < -0.39 is 0 Å². The van der Waals surface area contributed by atoms with Gasteiger partial charge in [0.25, 0.3) is 0 Å². The van der Waals surface area contributed by atoms with Crippen molar-refractivity contribution in [2.24, 2.45) is 0 Å².